The van der Waals surface area contributed by atoms with Crippen LogP contribution in [0.4, 0.5) is 0 Å². The molecule has 0 fully saturated rings. The van der Waals surface area contributed by atoms with E-state index in [0.717, 1.165) is 11.1 Å². The van der Waals surface area contributed by atoms with Gasteiger partial charge in [-0.05, 0) is 20.3 Å². The molecule has 0 aliphatic carbocycles. The Balaban J connectivity index is 0. The molecule has 0 aliphatic rings. The van der Waals surface area contributed by atoms with Crippen LogP contribution in [0.3, 0.4) is 0 Å². The summed E-state index contributed by atoms with van der Waals surface area (Å²) in [4.78, 5) is 20.0. The van der Waals surface area contributed by atoms with E-state index in [9.17, 15) is 18.9 Å². The van der Waals surface area contributed by atoms with E-state index in [4.69, 9.17) is 0 Å². The van der Waals surface area contributed by atoms with Crippen LogP contribution in [0.1, 0.15) is 11.1 Å². The van der Waals surface area contributed by atoms with Gasteiger partial charge in [-0.2, -0.15) is 0 Å². The summed E-state index contributed by atoms with van der Waals surface area (Å²) in [5.41, 5.74) is 1.71. The standard InChI is InChI=1S/2C7H7O3P.2Na/c2*8-11(9)10-6-7-4-2-1-3-5-7;;/h2*1-5H,6H2;;/q;;2*+1. The van der Waals surface area contributed by atoms with Crippen molar-refractivity contribution in [2.45, 2.75) is 13.2 Å². The van der Waals surface area contributed by atoms with E-state index in [1.807, 2.05) is 36.4 Å². The van der Waals surface area contributed by atoms with Gasteiger partial charge in [0.25, 0.3) is 0 Å². The molecule has 24 heavy (non-hydrogen) atoms. The second-order valence-corrected chi connectivity index (χ2v) is 5.38. The molecule has 0 N–H and O–H groups in total. The topological polar surface area (TPSA) is 98.7 Å². The average molecular weight is 386 g/mol. The zero-order chi connectivity index (χ0) is 16.2. The van der Waals surface area contributed by atoms with E-state index >= 15 is 0 Å². The van der Waals surface area contributed by atoms with Crippen LogP contribution in [-0.2, 0) is 31.4 Å². The second kappa shape index (κ2) is 16.9. The molecule has 2 aromatic carbocycles. The first-order chi connectivity index (χ1) is 10.6. The Bertz CT molecular complexity index is 533. The predicted octanol–water partition coefficient (Wildman–Crippen LogP) is -3.55. The first kappa shape index (κ1) is 26.7. The monoisotopic (exact) mass is 386 g/mol. The van der Waals surface area contributed by atoms with Gasteiger partial charge in [0.05, 0.1) is 0 Å². The first-order valence-electron chi connectivity index (χ1n) is 6.20. The fourth-order valence-corrected chi connectivity index (χ4v) is 1.91. The number of rotatable bonds is 6. The van der Waals surface area contributed by atoms with Gasteiger partial charge in [-0.15, -0.1) is 9.05 Å². The van der Waals surface area contributed by atoms with Crippen LogP contribution < -0.4 is 68.9 Å². The van der Waals surface area contributed by atoms with Gasteiger partial charge in [0.2, 0.25) is 0 Å². The van der Waals surface area contributed by atoms with E-state index in [0.29, 0.717) is 0 Å². The molecule has 10 heteroatoms. The molecule has 0 bridgehead atoms. The van der Waals surface area contributed by atoms with Gasteiger partial charge in [-0.1, -0.05) is 60.7 Å². The van der Waals surface area contributed by atoms with Crippen molar-refractivity contribution >= 4 is 16.5 Å². The van der Waals surface area contributed by atoms with Crippen LogP contribution in [-0.4, -0.2) is 0 Å². The molecular weight excluding hydrogens is 372 g/mol. The Morgan fingerprint density at radius 1 is 0.667 bits per heavy atom. The van der Waals surface area contributed by atoms with Crippen LogP contribution in [0, 0.1) is 0 Å². The van der Waals surface area contributed by atoms with E-state index in [-0.39, 0.29) is 72.3 Å². The summed E-state index contributed by atoms with van der Waals surface area (Å²) in [7, 11) is -5.45. The number of hydrogen-bond donors (Lipinski definition) is 0. The normalized spacial score (nSPS) is 10.2. The number of hydrogen-bond acceptors (Lipinski definition) is 6. The average Bonchev–Trinajstić information content (AvgIpc) is 2.53. The van der Waals surface area contributed by atoms with Gasteiger partial charge >= 0.3 is 75.6 Å². The zero-order valence-electron chi connectivity index (χ0n) is 13.5. The molecule has 0 amide bonds. The molecule has 2 unspecified atom stereocenters. The van der Waals surface area contributed by atoms with Crippen molar-refractivity contribution in [3.8, 4) is 0 Å². The van der Waals surface area contributed by atoms with Gasteiger partial charge in [0.1, 0.15) is 13.2 Å². The quantitative estimate of drug-likeness (QED) is 0.377. The van der Waals surface area contributed by atoms with Crippen molar-refractivity contribution in [3.05, 3.63) is 71.8 Å². The van der Waals surface area contributed by atoms with Gasteiger partial charge < -0.3 is 9.79 Å². The van der Waals surface area contributed by atoms with Crippen molar-refractivity contribution in [2.75, 3.05) is 0 Å². The molecule has 2 atom stereocenters. The molecule has 0 aliphatic heterocycles. The van der Waals surface area contributed by atoms with Crippen LogP contribution >= 0.6 is 16.5 Å². The second-order valence-electron chi connectivity index (χ2n) is 3.97. The fraction of sp³-hybridized carbons (Fsp3) is 0.143. The SMILES string of the molecule is O=[P+]([O-])OCc1ccccc1.O=[P+]([O-])OCc1ccccc1.[Na+].[Na+]. The molecule has 0 heterocycles. The minimum atomic E-state index is -2.72. The van der Waals surface area contributed by atoms with E-state index < -0.39 is 16.5 Å². The first-order valence-corrected chi connectivity index (χ1v) is 8.39. The maximum Gasteiger partial charge on any atom is 1.00 e. The Labute approximate surface area is 187 Å². The van der Waals surface area contributed by atoms with Crippen LogP contribution in [0.15, 0.2) is 60.7 Å². The Morgan fingerprint density at radius 3 is 1.21 bits per heavy atom. The molecular formula is C14H14Na2O6P2+2. The maximum atomic E-state index is 9.99. The van der Waals surface area contributed by atoms with Crippen LogP contribution in [0.2, 0.25) is 0 Å². The van der Waals surface area contributed by atoms with E-state index in [1.54, 1.807) is 24.3 Å². The van der Waals surface area contributed by atoms with Crippen molar-refractivity contribution in [3.63, 3.8) is 0 Å². The minimum Gasteiger partial charge on any atom is -0.566 e. The summed E-state index contributed by atoms with van der Waals surface area (Å²) in [6, 6.07) is 18.3. The summed E-state index contributed by atoms with van der Waals surface area (Å²) in [5.74, 6) is 0. The largest absolute Gasteiger partial charge is 1.00 e. The van der Waals surface area contributed by atoms with Crippen molar-refractivity contribution in [1.82, 2.24) is 0 Å². The molecule has 0 aromatic heterocycles. The molecule has 0 radical (unpaired) electrons. The van der Waals surface area contributed by atoms with Gasteiger partial charge in [0, 0.05) is 0 Å². The van der Waals surface area contributed by atoms with Crippen LogP contribution in [0.25, 0.3) is 0 Å². The van der Waals surface area contributed by atoms with Crippen molar-refractivity contribution < 1.29 is 87.1 Å². The molecule has 0 saturated carbocycles. The molecule has 2 aromatic rings. The third-order valence-electron chi connectivity index (χ3n) is 2.36. The van der Waals surface area contributed by atoms with Gasteiger partial charge in [-0.3, -0.25) is 0 Å². The minimum absolute atomic E-state index is 0. The summed E-state index contributed by atoms with van der Waals surface area (Å²) >= 11 is 0. The zero-order valence-corrected chi connectivity index (χ0v) is 19.3. The summed E-state index contributed by atoms with van der Waals surface area (Å²) < 4.78 is 28.7. The van der Waals surface area contributed by atoms with Crippen molar-refractivity contribution in [1.29, 1.82) is 0 Å². The van der Waals surface area contributed by atoms with E-state index in [1.165, 1.54) is 0 Å². The molecule has 0 spiro atoms. The van der Waals surface area contributed by atoms with E-state index in [2.05, 4.69) is 9.05 Å². The Morgan fingerprint density at radius 2 is 0.958 bits per heavy atom. The Kier molecular flexibility index (Phi) is 18.8. The predicted molar refractivity (Wildman–Crippen MR) is 77.7 cm³/mol. The molecule has 6 nitrogen and oxygen atoms in total. The Hall–Kier alpha value is 0.480. The molecule has 2 rings (SSSR count). The van der Waals surface area contributed by atoms with Crippen molar-refractivity contribution in [2.24, 2.45) is 0 Å². The van der Waals surface area contributed by atoms with Gasteiger partial charge in [0.15, 0.2) is 0 Å². The molecule has 116 valence electrons. The summed E-state index contributed by atoms with van der Waals surface area (Å²) in [6.45, 7) is 0.249. The molecule has 0 saturated heterocycles. The van der Waals surface area contributed by atoms with Gasteiger partial charge in [-0.25, -0.2) is 0 Å². The maximum absolute atomic E-state index is 9.99. The smallest absolute Gasteiger partial charge is 0.566 e. The fourth-order valence-electron chi connectivity index (χ4n) is 1.40. The van der Waals surface area contributed by atoms with Crippen LogP contribution in [0.5, 0.6) is 0 Å². The summed E-state index contributed by atoms with van der Waals surface area (Å²) in [5, 5.41) is 0. The third kappa shape index (κ3) is 14.8. The third-order valence-corrected chi connectivity index (χ3v) is 3.04. The summed E-state index contributed by atoms with van der Waals surface area (Å²) in [6.07, 6.45) is 0. The number of benzene rings is 2.